The van der Waals surface area contributed by atoms with Crippen LogP contribution >= 0.6 is 0 Å². The Balaban J connectivity index is 1.86. The highest BCUT2D eigenvalue weighted by Crippen LogP contribution is 2.26. The van der Waals surface area contributed by atoms with Crippen molar-refractivity contribution in [1.82, 2.24) is 4.90 Å². The van der Waals surface area contributed by atoms with Gasteiger partial charge in [-0.2, -0.15) is 0 Å². The Labute approximate surface area is 140 Å². The average molecular weight is 318 g/mol. The normalized spacial score (nSPS) is 17.7. The van der Waals surface area contributed by atoms with Crippen molar-refractivity contribution in [3.63, 3.8) is 0 Å². The SMILES string of the molecule is CCC(Nc1ccccc1)C1CCN(C(=O)OC(C)(C)C)CC1. The van der Waals surface area contributed by atoms with Crippen molar-refractivity contribution in [1.29, 1.82) is 0 Å². The second-order valence-corrected chi connectivity index (χ2v) is 7.33. The van der Waals surface area contributed by atoms with E-state index in [-0.39, 0.29) is 6.09 Å². The van der Waals surface area contributed by atoms with E-state index in [0.29, 0.717) is 12.0 Å². The number of amides is 1. The molecule has 1 heterocycles. The number of likely N-dealkylation sites (tertiary alicyclic amines) is 1. The highest BCUT2D eigenvalue weighted by Gasteiger charge is 2.30. The summed E-state index contributed by atoms with van der Waals surface area (Å²) in [7, 11) is 0. The molecule has 1 fully saturated rings. The Bertz CT molecular complexity index is 488. The maximum absolute atomic E-state index is 12.1. The number of nitrogens with one attached hydrogen (secondary N) is 1. The molecule has 0 bridgehead atoms. The number of carbonyl (C=O) groups is 1. The summed E-state index contributed by atoms with van der Waals surface area (Å²) in [5.74, 6) is 0.596. The van der Waals surface area contributed by atoms with Crippen molar-refractivity contribution in [2.24, 2.45) is 5.92 Å². The van der Waals surface area contributed by atoms with Crippen LogP contribution in [-0.2, 0) is 4.74 Å². The Hall–Kier alpha value is -1.71. The van der Waals surface area contributed by atoms with E-state index in [9.17, 15) is 4.79 Å². The smallest absolute Gasteiger partial charge is 0.410 e. The highest BCUT2D eigenvalue weighted by molar-refractivity contribution is 5.68. The molecule has 0 aromatic heterocycles. The lowest BCUT2D eigenvalue weighted by Gasteiger charge is -2.37. The van der Waals surface area contributed by atoms with Crippen LogP contribution in [0.2, 0.25) is 0 Å². The van der Waals surface area contributed by atoms with Gasteiger partial charge in [-0.05, 0) is 58.1 Å². The molecule has 1 amide bonds. The summed E-state index contributed by atoms with van der Waals surface area (Å²) in [6.07, 6.45) is 2.96. The zero-order valence-corrected chi connectivity index (χ0v) is 14.8. The molecule has 1 aliphatic heterocycles. The Morgan fingerprint density at radius 3 is 2.39 bits per heavy atom. The van der Waals surface area contributed by atoms with E-state index in [1.807, 2.05) is 31.7 Å². The molecule has 0 spiro atoms. The summed E-state index contributed by atoms with van der Waals surface area (Å²) in [6, 6.07) is 10.8. The Morgan fingerprint density at radius 2 is 1.87 bits per heavy atom. The third-order valence-corrected chi connectivity index (χ3v) is 4.33. The van der Waals surface area contributed by atoms with Gasteiger partial charge in [0.15, 0.2) is 0 Å². The minimum Gasteiger partial charge on any atom is -0.444 e. The molecule has 0 aliphatic carbocycles. The van der Waals surface area contributed by atoms with Crippen LogP contribution in [0.25, 0.3) is 0 Å². The third-order valence-electron chi connectivity index (χ3n) is 4.33. The largest absolute Gasteiger partial charge is 0.444 e. The fourth-order valence-electron chi connectivity index (χ4n) is 3.11. The Kier molecular flexibility index (Phi) is 5.91. The predicted octanol–water partition coefficient (Wildman–Crippen LogP) is 4.52. The topological polar surface area (TPSA) is 41.6 Å². The maximum Gasteiger partial charge on any atom is 0.410 e. The van der Waals surface area contributed by atoms with Gasteiger partial charge in [-0.1, -0.05) is 25.1 Å². The minimum absolute atomic E-state index is 0.181. The second kappa shape index (κ2) is 7.71. The first-order valence-corrected chi connectivity index (χ1v) is 8.68. The van der Waals surface area contributed by atoms with Crippen molar-refractivity contribution in [3.05, 3.63) is 30.3 Å². The van der Waals surface area contributed by atoms with Crippen LogP contribution in [0.3, 0.4) is 0 Å². The first-order chi connectivity index (χ1) is 10.9. The van der Waals surface area contributed by atoms with Crippen molar-refractivity contribution >= 4 is 11.8 Å². The first-order valence-electron chi connectivity index (χ1n) is 8.68. The number of hydrogen-bond acceptors (Lipinski definition) is 3. The number of anilines is 1. The van der Waals surface area contributed by atoms with Crippen molar-refractivity contribution in [2.75, 3.05) is 18.4 Å². The molecule has 1 unspecified atom stereocenters. The number of rotatable bonds is 4. The molecule has 1 aliphatic rings. The molecule has 4 heteroatoms. The summed E-state index contributed by atoms with van der Waals surface area (Å²) in [6.45, 7) is 9.53. The molecular formula is C19H30N2O2. The zero-order chi connectivity index (χ0) is 16.9. The standard InChI is InChI=1S/C19H30N2O2/c1-5-17(20-16-9-7-6-8-10-16)15-11-13-21(14-12-15)18(22)23-19(2,3)4/h6-10,15,17,20H,5,11-14H2,1-4H3. The fourth-order valence-corrected chi connectivity index (χ4v) is 3.11. The number of benzene rings is 1. The maximum atomic E-state index is 12.1. The van der Waals surface area contributed by atoms with Crippen LogP contribution in [0.15, 0.2) is 30.3 Å². The van der Waals surface area contributed by atoms with E-state index in [2.05, 4.69) is 36.5 Å². The zero-order valence-electron chi connectivity index (χ0n) is 14.8. The van der Waals surface area contributed by atoms with E-state index >= 15 is 0 Å². The van der Waals surface area contributed by atoms with Crippen LogP contribution in [0.5, 0.6) is 0 Å². The first kappa shape index (κ1) is 17.6. The average Bonchev–Trinajstić information content (AvgIpc) is 2.52. The lowest BCUT2D eigenvalue weighted by atomic mass is 9.88. The summed E-state index contributed by atoms with van der Waals surface area (Å²) >= 11 is 0. The molecule has 4 nitrogen and oxygen atoms in total. The number of carbonyl (C=O) groups excluding carboxylic acids is 1. The van der Waals surface area contributed by atoms with E-state index in [4.69, 9.17) is 4.74 Å². The lowest BCUT2D eigenvalue weighted by Crippen LogP contribution is -2.44. The van der Waals surface area contributed by atoms with Crippen molar-refractivity contribution < 1.29 is 9.53 Å². The van der Waals surface area contributed by atoms with E-state index < -0.39 is 5.60 Å². The second-order valence-electron chi connectivity index (χ2n) is 7.33. The number of ether oxygens (including phenoxy) is 1. The molecule has 1 aromatic rings. The van der Waals surface area contributed by atoms with Gasteiger partial charge >= 0.3 is 6.09 Å². The van der Waals surface area contributed by atoms with E-state index in [1.54, 1.807) is 0 Å². The van der Waals surface area contributed by atoms with Gasteiger partial charge in [-0.25, -0.2) is 4.79 Å². The van der Waals surface area contributed by atoms with E-state index in [0.717, 1.165) is 32.4 Å². The monoisotopic (exact) mass is 318 g/mol. The number of hydrogen-bond donors (Lipinski definition) is 1. The number of para-hydroxylation sites is 1. The molecule has 0 saturated carbocycles. The van der Waals surface area contributed by atoms with Gasteiger partial charge in [0.05, 0.1) is 0 Å². The van der Waals surface area contributed by atoms with Crippen LogP contribution in [-0.4, -0.2) is 35.7 Å². The van der Waals surface area contributed by atoms with Crippen molar-refractivity contribution in [3.8, 4) is 0 Å². The number of nitrogens with zero attached hydrogens (tertiary/aromatic N) is 1. The molecule has 1 N–H and O–H groups in total. The molecule has 1 aromatic carbocycles. The molecular weight excluding hydrogens is 288 g/mol. The summed E-state index contributed by atoms with van der Waals surface area (Å²) in [5, 5.41) is 3.65. The summed E-state index contributed by atoms with van der Waals surface area (Å²) in [4.78, 5) is 14.0. The molecule has 1 saturated heterocycles. The van der Waals surface area contributed by atoms with Crippen molar-refractivity contribution in [2.45, 2.75) is 58.6 Å². The van der Waals surface area contributed by atoms with Gasteiger partial charge in [0, 0.05) is 24.8 Å². The lowest BCUT2D eigenvalue weighted by molar-refractivity contribution is 0.0177. The highest BCUT2D eigenvalue weighted by atomic mass is 16.6. The molecule has 23 heavy (non-hydrogen) atoms. The van der Waals surface area contributed by atoms with Gasteiger partial charge in [0.1, 0.15) is 5.60 Å². The van der Waals surface area contributed by atoms with Crippen LogP contribution in [0.4, 0.5) is 10.5 Å². The molecule has 128 valence electrons. The Morgan fingerprint density at radius 1 is 1.26 bits per heavy atom. The molecule has 0 radical (unpaired) electrons. The van der Waals surface area contributed by atoms with Crippen LogP contribution in [0, 0.1) is 5.92 Å². The van der Waals surface area contributed by atoms with Gasteiger partial charge in [-0.3, -0.25) is 0 Å². The fraction of sp³-hybridized carbons (Fsp3) is 0.632. The van der Waals surface area contributed by atoms with Crippen LogP contribution < -0.4 is 5.32 Å². The summed E-state index contributed by atoms with van der Waals surface area (Å²) in [5.41, 5.74) is 0.753. The van der Waals surface area contributed by atoms with E-state index in [1.165, 1.54) is 5.69 Å². The molecule has 1 atom stereocenters. The van der Waals surface area contributed by atoms with Gasteiger partial charge < -0.3 is 15.0 Å². The molecule has 2 rings (SSSR count). The predicted molar refractivity (Wildman–Crippen MR) is 94.7 cm³/mol. The number of piperidine rings is 1. The summed E-state index contributed by atoms with van der Waals surface area (Å²) < 4.78 is 5.47. The third kappa shape index (κ3) is 5.45. The quantitative estimate of drug-likeness (QED) is 0.887. The van der Waals surface area contributed by atoms with Crippen LogP contribution in [0.1, 0.15) is 47.0 Å². The van der Waals surface area contributed by atoms with Gasteiger partial charge in [0.2, 0.25) is 0 Å². The minimum atomic E-state index is -0.422. The van der Waals surface area contributed by atoms with Gasteiger partial charge in [-0.15, -0.1) is 0 Å². The van der Waals surface area contributed by atoms with Gasteiger partial charge in [0.25, 0.3) is 0 Å².